The van der Waals surface area contributed by atoms with Gasteiger partial charge in [-0.2, -0.15) is 0 Å². The summed E-state index contributed by atoms with van der Waals surface area (Å²) in [4.78, 5) is 5.65. The van der Waals surface area contributed by atoms with Gasteiger partial charge in [-0.1, -0.05) is 30.9 Å². The molecule has 0 fully saturated rings. The maximum absolute atomic E-state index is 5.82. The summed E-state index contributed by atoms with van der Waals surface area (Å²) in [5.74, 6) is 1.60. The second kappa shape index (κ2) is 10.3. The topological polar surface area (TPSA) is 43.4 Å². The third-order valence-corrected chi connectivity index (χ3v) is 6.62. The van der Waals surface area contributed by atoms with E-state index in [0.29, 0.717) is 5.05 Å². The van der Waals surface area contributed by atoms with Crippen LogP contribution in [0.5, 0.6) is 11.5 Å². The third-order valence-electron chi connectivity index (χ3n) is 4.19. The minimum atomic E-state index is 0. The summed E-state index contributed by atoms with van der Waals surface area (Å²) in [6.45, 7) is 4.13. The highest BCUT2D eigenvalue weighted by Crippen LogP contribution is 2.42. The van der Waals surface area contributed by atoms with Gasteiger partial charge in [0, 0.05) is 21.5 Å². The van der Waals surface area contributed by atoms with E-state index in [0.717, 1.165) is 38.5 Å². The van der Waals surface area contributed by atoms with E-state index in [-0.39, 0.29) is 22.2 Å². The lowest BCUT2D eigenvalue weighted by Gasteiger charge is -2.07. The zero-order valence-corrected chi connectivity index (χ0v) is 20.2. The van der Waals surface area contributed by atoms with Crippen molar-refractivity contribution >= 4 is 73.7 Å². The molecule has 0 saturated heterocycles. The first kappa shape index (κ1) is 22.6. The van der Waals surface area contributed by atoms with Crippen LogP contribution >= 0.6 is 52.3 Å². The highest BCUT2D eigenvalue weighted by Gasteiger charge is 2.26. The normalized spacial score (nSPS) is 15.2. The molecule has 30 heavy (non-hydrogen) atoms. The number of rotatable bonds is 6. The standard InChI is InChI=1S/C22H18N2O2S3.BrH/c1-14-18(12-20(29-14)21(27)25-2)19-13-28-22(24-19)23-15-8-10-17(11-9-15)26-16-6-4-3-5-7-16;/h3-13,20H,1H2,2H3,(H,23,24);1H. The fourth-order valence-corrected chi connectivity index (χ4v) is 4.71. The Morgan fingerprint density at radius 2 is 1.80 bits per heavy atom. The van der Waals surface area contributed by atoms with Crippen LogP contribution in [0.2, 0.25) is 0 Å². The highest BCUT2D eigenvalue weighted by molar-refractivity contribution is 8.93. The molecule has 2 aromatic carbocycles. The lowest BCUT2D eigenvalue weighted by molar-refractivity contribution is 0.408. The van der Waals surface area contributed by atoms with Crippen molar-refractivity contribution in [2.75, 3.05) is 12.4 Å². The number of methoxy groups -OCH3 is 1. The zero-order valence-electron chi connectivity index (χ0n) is 16.0. The minimum Gasteiger partial charge on any atom is -0.489 e. The Hall–Kier alpha value is -2.13. The van der Waals surface area contributed by atoms with Gasteiger partial charge in [0.1, 0.15) is 11.5 Å². The number of thiazole rings is 1. The smallest absolute Gasteiger partial charge is 0.187 e. The molecule has 0 amide bonds. The van der Waals surface area contributed by atoms with Gasteiger partial charge in [0.15, 0.2) is 10.2 Å². The fourth-order valence-electron chi connectivity index (χ4n) is 2.76. The van der Waals surface area contributed by atoms with Gasteiger partial charge in [-0.15, -0.1) is 40.1 Å². The Morgan fingerprint density at radius 3 is 2.50 bits per heavy atom. The summed E-state index contributed by atoms with van der Waals surface area (Å²) in [6.07, 6.45) is 2.06. The number of ether oxygens (including phenoxy) is 2. The quantitative estimate of drug-likeness (QED) is 0.346. The van der Waals surface area contributed by atoms with Crippen LogP contribution in [0, 0.1) is 0 Å². The molecule has 1 N–H and O–H groups in total. The lowest BCUT2D eigenvalue weighted by Crippen LogP contribution is -2.11. The number of nitrogens with one attached hydrogen (secondary N) is 1. The molecule has 1 atom stereocenters. The molecule has 3 aromatic rings. The number of aromatic nitrogens is 1. The SMILES string of the molecule is Br.C=C1SC(C(=S)OC)C=C1c1csc(Nc2ccc(Oc3ccccc3)cc2)n1. The van der Waals surface area contributed by atoms with E-state index in [2.05, 4.69) is 18.0 Å². The summed E-state index contributed by atoms with van der Waals surface area (Å²) < 4.78 is 11.0. The predicted octanol–water partition coefficient (Wildman–Crippen LogP) is 7.24. The molecule has 0 aliphatic carbocycles. The van der Waals surface area contributed by atoms with Crippen LogP contribution in [0.1, 0.15) is 5.69 Å². The molecule has 2 heterocycles. The predicted molar refractivity (Wildman–Crippen MR) is 137 cm³/mol. The van der Waals surface area contributed by atoms with Crippen molar-refractivity contribution in [1.82, 2.24) is 4.98 Å². The van der Waals surface area contributed by atoms with Gasteiger partial charge in [-0.3, -0.25) is 0 Å². The van der Waals surface area contributed by atoms with Crippen LogP contribution < -0.4 is 10.1 Å². The summed E-state index contributed by atoms with van der Waals surface area (Å²) in [7, 11) is 1.60. The number of nitrogens with zero attached hydrogens (tertiary/aromatic N) is 1. The van der Waals surface area contributed by atoms with E-state index in [1.807, 2.05) is 60.0 Å². The van der Waals surface area contributed by atoms with Crippen molar-refractivity contribution < 1.29 is 9.47 Å². The molecule has 1 aromatic heterocycles. The van der Waals surface area contributed by atoms with Crippen LogP contribution in [0.15, 0.2) is 77.5 Å². The Labute approximate surface area is 199 Å². The first-order valence-electron chi connectivity index (χ1n) is 8.84. The first-order chi connectivity index (χ1) is 14.1. The Balaban J connectivity index is 0.00000256. The molecule has 0 saturated carbocycles. The van der Waals surface area contributed by atoms with Crippen molar-refractivity contribution in [2.24, 2.45) is 0 Å². The fraction of sp³-hybridized carbons (Fsp3) is 0.0909. The molecule has 1 aliphatic rings. The first-order valence-corrected chi connectivity index (χ1v) is 11.0. The van der Waals surface area contributed by atoms with E-state index in [9.17, 15) is 0 Å². The molecule has 4 rings (SSSR count). The number of hydrogen-bond acceptors (Lipinski definition) is 7. The van der Waals surface area contributed by atoms with Crippen molar-refractivity contribution in [3.63, 3.8) is 0 Å². The van der Waals surface area contributed by atoms with Crippen LogP contribution in [-0.2, 0) is 4.74 Å². The Bertz CT molecular complexity index is 1070. The van der Waals surface area contributed by atoms with Crippen LogP contribution in [0.3, 0.4) is 0 Å². The molecule has 4 nitrogen and oxygen atoms in total. The molecule has 0 spiro atoms. The lowest BCUT2D eigenvalue weighted by atomic mass is 10.1. The van der Waals surface area contributed by atoms with Gasteiger partial charge < -0.3 is 14.8 Å². The summed E-state index contributed by atoms with van der Waals surface area (Å²) >= 11 is 8.39. The van der Waals surface area contributed by atoms with Gasteiger partial charge in [0.25, 0.3) is 0 Å². The van der Waals surface area contributed by atoms with Gasteiger partial charge in [-0.25, -0.2) is 4.98 Å². The van der Waals surface area contributed by atoms with Gasteiger partial charge in [0.2, 0.25) is 0 Å². The van der Waals surface area contributed by atoms with Gasteiger partial charge in [0.05, 0.1) is 18.1 Å². The molecular weight excluding hydrogens is 500 g/mol. The molecule has 1 aliphatic heterocycles. The number of anilines is 2. The average molecular weight is 520 g/mol. The van der Waals surface area contributed by atoms with Crippen LogP contribution in [0.25, 0.3) is 5.57 Å². The second-order valence-electron chi connectivity index (χ2n) is 6.17. The largest absolute Gasteiger partial charge is 0.489 e. The van der Waals surface area contributed by atoms with Crippen molar-refractivity contribution in [2.45, 2.75) is 5.25 Å². The Kier molecular flexibility index (Phi) is 7.71. The number of hydrogen-bond donors (Lipinski definition) is 1. The molecule has 154 valence electrons. The highest BCUT2D eigenvalue weighted by atomic mass is 79.9. The molecular formula is C22H19BrN2O2S3. The van der Waals surface area contributed by atoms with Crippen molar-refractivity contribution in [3.05, 3.63) is 83.2 Å². The third kappa shape index (κ3) is 5.31. The van der Waals surface area contributed by atoms with E-state index in [1.54, 1.807) is 30.2 Å². The van der Waals surface area contributed by atoms with Gasteiger partial charge in [-0.05, 0) is 48.6 Å². The maximum atomic E-state index is 5.82. The molecule has 0 bridgehead atoms. The van der Waals surface area contributed by atoms with E-state index in [1.165, 1.54) is 0 Å². The Morgan fingerprint density at radius 1 is 1.10 bits per heavy atom. The number of halogens is 1. The summed E-state index contributed by atoms with van der Waals surface area (Å²) in [6, 6.07) is 17.5. The molecule has 0 radical (unpaired) electrons. The van der Waals surface area contributed by atoms with Gasteiger partial charge >= 0.3 is 0 Å². The van der Waals surface area contributed by atoms with E-state index in [4.69, 9.17) is 26.7 Å². The second-order valence-corrected chi connectivity index (χ2v) is 8.66. The monoisotopic (exact) mass is 518 g/mol. The number of para-hydroxylation sites is 1. The average Bonchev–Trinajstić information content (AvgIpc) is 3.36. The summed E-state index contributed by atoms with van der Waals surface area (Å²) in [5.41, 5.74) is 2.84. The van der Waals surface area contributed by atoms with Crippen LogP contribution in [-0.4, -0.2) is 22.4 Å². The van der Waals surface area contributed by atoms with Crippen LogP contribution in [0.4, 0.5) is 10.8 Å². The number of allylic oxidation sites excluding steroid dienone is 1. The number of thiocarbonyl (C=S) groups is 1. The summed E-state index contributed by atoms with van der Waals surface area (Å²) in [5, 5.41) is 6.73. The van der Waals surface area contributed by atoms with Crippen molar-refractivity contribution in [3.8, 4) is 11.5 Å². The molecule has 1 unspecified atom stereocenters. The molecule has 8 heteroatoms. The number of benzene rings is 2. The maximum Gasteiger partial charge on any atom is 0.187 e. The van der Waals surface area contributed by atoms with E-state index >= 15 is 0 Å². The number of thioether (sulfide) groups is 1. The zero-order chi connectivity index (χ0) is 20.2. The van der Waals surface area contributed by atoms with E-state index < -0.39 is 0 Å². The van der Waals surface area contributed by atoms with Crippen molar-refractivity contribution in [1.29, 1.82) is 0 Å². The minimum absolute atomic E-state index is 0.